The fraction of sp³-hybridized carbons (Fsp3) is 0.179. The van der Waals surface area contributed by atoms with E-state index in [1.54, 1.807) is 24.3 Å². The molecular weight excluding hydrogens is 620 g/mol. The summed E-state index contributed by atoms with van der Waals surface area (Å²) < 4.78 is 31.2. The molecule has 0 aliphatic rings. The van der Waals surface area contributed by atoms with Gasteiger partial charge in [-0.2, -0.15) is 8.42 Å². The van der Waals surface area contributed by atoms with Crippen molar-refractivity contribution in [1.82, 2.24) is 4.90 Å². The maximum atomic E-state index is 12.8. The van der Waals surface area contributed by atoms with Gasteiger partial charge in [-0.15, -0.1) is 0 Å². The van der Waals surface area contributed by atoms with Crippen LogP contribution < -0.4 is 15.8 Å². The lowest BCUT2D eigenvalue weighted by molar-refractivity contribution is -0.144. The Morgan fingerprint density at radius 1 is 1.00 bits per heavy atom. The van der Waals surface area contributed by atoms with E-state index in [0.29, 0.717) is 23.1 Å². The monoisotopic (exact) mass is 648 g/mol. The molecule has 0 saturated carbocycles. The summed E-state index contributed by atoms with van der Waals surface area (Å²) in [7, 11) is -3.67. The van der Waals surface area contributed by atoms with Gasteiger partial charge in [0.2, 0.25) is 5.91 Å². The van der Waals surface area contributed by atoms with Crippen molar-refractivity contribution in [1.29, 1.82) is 5.41 Å². The van der Waals surface area contributed by atoms with Crippen molar-refractivity contribution in [3.05, 3.63) is 94.0 Å². The Hall–Kier alpha value is -4.99. The van der Waals surface area contributed by atoms with Crippen molar-refractivity contribution in [3.63, 3.8) is 0 Å². The third-order valence-corrected chi connectivity index (χ3v) is 5.82. The van der Waals surface area contributed by atoms with Crippen LogP contribution in [0, 0.1) is 5.41 Å². The first-order valence-electron chi connectivity index (χ1n) is 12.5. The second-order valence-electron chi connectivity index (χ2n) is 9.14. The zero-order valence-electron chi connectivity index (χ0n) is 23.2. The van der Waals surface area contributed by atoms with Crippen molar-refractivity contribution in [2.75, 3.05) is 18.1 Å². The molecule has 44 heavy (non-hydrogen) atoms. The number of carbonyl (C=O) groups is 4. The van der Waals surface area contributed by atoms with Crippen molar-refractivity contribution < 1.29 is 47.1 Å². The van der Waals surface area contributed by atoms with Crippen LogP contribution in [0.15, 0.2) is 66.7 Å². The summed E-state index contributed by atoms with van der Waals surface area (Å²) in [5, 5.41) is 28.5. The van der Waals surface area contributed by atoms with E-state index >= 15 is 0 Å². The number of rotatable bonds is 11. The van der Waals surface area contributed by atoms with Gasteiger partial charge in [-0.3, -0.25) is 19.6 Å². The second kappa shape index (κ2) is 16.0. The molecule has 14 nitrogen and oxygen atoms in total. The van der Waals surface area contributed by atoms with Crippen LogP contribution >= 0.6 is 11.6 Å². The van der Waals surface area contributed by atoms with Gasteiger partial charge in [-0.25, -0.2) is 9.59 Å². The average molecular weight is 649 g/mol. The molecular formula is C28H29ClN4O10S. The lowest BCUT2D eigenvalue weighted by Gasteiger charge is -2.21. The number of anilines is 1. The highest BCUT2D eigenvalue weighted by atomic mass is 35.5. The minimum absolute atomic E-state index is 0.0322. The van der Waals surface area contributed by atoms with Crippen LogP contribution in [0.25, 0.3) is 0 Å². The molecule has 1 amide bonds. The smallest absolute Gasteiger partial charge is 0.343 e. The molecule has 0 saturated heterocycles. The standard InChI is InChI=1S/C27H25ClN4O7.CH4O3S/c28-22-13-21(39-26(38)18-4-8-20(9-5-18)31-27(29)30)10-6-17(22)7-11-23(33)32(15-24(34)35)14-16-2-1-3-19(12-16)25(36)37;1-5(2,3)4/h1-6,8-10,12-13H,7,11,14-15H2,(H,34,35)(H,36,37)(H4,29,30,31);1H3,(H,2,3,4). The summed E-state index contributed by atoms with van der Waals surface area (Å²) in [6, 6.07) is 16.7. The van der Waals surface area contributed by atoms with Gasteiger partial charge in [0.15, 0.2) is 5.96 Å². The highest BCUT2D eigenvalue weighted by molar-refractivity contribution is 7.85. The number of guanidine groups is 1. The molecule has 0 radical (unpaired) electrons. The maximum Gasteiger partial charge on any atom is 0.343 e. The number of carbonyl (C=O) groups excluding carboxylic acids is 2. The number of benzene rings is 3. The first kappa shape index (κ1) is 35.2. The van der Waals surface area contributed by atoms with Gasteiger partial charge in [0, 0.05) is 23.7 Å². The molecule has 3 aromatic carbocycles. The van der Waals surface area contributed by atoms with Crippen LogP contribution in [-0.4, -0.2) is 70.7 Å². The predicted molar refractivity (Wildman–Crippen MR) is 161 cm³/mol. The highest BCUT2D eigenvalue weighted by Gasteiger charge is 2.19. The van der Waals surface area contributed by atoms with Gasteiger partial charge < -0.3 is 30.9 Å². The number of nitrogens with zero attached hydrogens (tertiary/aromatic N) is 1. The number of hydrogen-bond donors (Lipinski definition) is 6. The number of hydrogen-bond acceptors (Lipinski definition) is 8. The van der Waals surface area contributed by atoms with Gasteiger partial charge in [-0.1, -0.05) is 29.8 Å². The van der Waals surface area contributed by atoms with Gasteiger partial charge in [-0.05, 0) is 66.1 Å². The number of nitrogens with one attached hydrogen (secondary N) is 2. The number of aliphatic carboxylic acids is 1. The molecule has 0 aliphatic heterocycles. The van der Waals surface area contributed by atoms with Crippen LogP contribution in [0.1, 0.15) is 38.3 Å². The molecule has 0 unspecified atom stereocenters. The van der Waals surface area contributed by atoms with E-state index in [1.165, 1.54) is 42.5 Å². The Balaban J connectivity index is 0.00000125. The number of carboxylic acid groups (broad SMARTS) is 2. The van der Waals surface area contributed by atoms with Gasteiger partial charge >= 0.3 is 17.9 Å². The molecule has 0 aromatic heterocycles. The summed E-state index contributed by atoms with van der Waals surface area (Å²) in [4.78, 5) is 49.0. The Bertz CT molecular complexity index is 1640. The molecule has 3 rings (SSSR count). The van der Waals surface area contributed by atoms with Crippen molar-refractivity contribution in [2.24, 2.45) is 5.73 Å². The predicted octanol–water partition coefficient (Wildman–Crippen LogP) is 3.11. The van der Waals surface area contributed by atoms with E-state index in [-0.39, 0.29) is 47.2 Å². The normalized spacial score (nSPS) is 10.5. The highest BCUT2D eigenvalue weighted by Crippen LogP contribution is 2.25. The SMILES string of the molecule is CS(=O)(=O)O.N=C(N)Nc1ccc(C(=O)Oc2ccc(CCC(=O)N(CC(=O)O)Cc3cccc(C(=O)O)c3)c(Cl)c2)cc1. The van der Waals surface area contributed by atoms with E-state index in [2.05, 4.69) is 5.32 Å². The molecule has 0 bridgehead atoms. The molecule has 0 spiro atoms. The molecule has 0 fully saturated rings. The number of halogens is 1. The Morgan fingerprint density at radius 2 is 1.64 bits per heavy atom. The summed E-state index contributed by atoms with van der Waals surface area (Å²) in [5.74, 6) is -3.45. The maximum absolute atomic E-state index is 12.8. The zero-order valence-corrected chi connectivity index (χ0v) is 24.8. The number of amides is 1. The van der Waals surface area contributed by atoms with Gasteiger partial charge in [0.05, 0.1) is 17.4 Å². The van der Waals surface area contributed by atoms with Crippen LogP contribution in [0.4, 0.5) is 5.69 Å². The summed E-state index contributed by atoms with van der Waals surface area (Å²) in [6.45, 7) is -0.620. The number of nitrogens with two attached hydrogens (primary N) is 1. The van der Waals surface area contributed by atoms with E-state index in [1.807, 2.05) is 0 Å². The van der Waals surface area contributed by atoms with E-state index in [4.69, 9.17) is 37.1 Å². The molecule has 16 heteroatoms. The molecule has 234 valence electrons. The fourth-order valence-electron chi connectivity index (χ4n) is 3.62. The lowest BCUT2D eigenvalue weighted by atomic mass is 10.1. The van der Waals surface area contributed by atoms with E-state index in [9.17, 15) is 32.7 Å². The van der Waals surface area contributed by atoms with Crippen molar-refractivity contribution >= 4 is 57.2 Å². The van der Waals surface area contributed by atoms with Crippen LogP contribution in [0.5, 0.6) is 5.75 Å². The Labute approximate surface area is 257 Å². The van der Waals surface area contributed by atoms with Gasteiger partial charge in [0.25, 0.3) is 10.1 Å². The van der Waals surface area contributed by atoms with Crippen LogP contribution in [0.2, 0.25) is 5.02 Å². The fourth-order valence-corrected chi connectivity index (χ4v) is 3.89. The Kier molecular flexibility index (Phi) is 12.8. The van der Waals surface area contributed by atoms with Crippen LogP contribution in [-0.2, 0) is 32.7 Å². The number of carboxylic acids is 2. The minimum Gasteiger partial charge on any atom is -0.480 e. The number of ether oxygens (including phenoxy) is 1. The number of aryl methyl sites for hydroxylation is 1. The summed E-state index contributed by atoms with van der Waals surface area (Å²) in [5.41, 5.74) is 7.19. The third-order valence-electron chi connectivity index (χ3n) is 5.47. The molecule has 0 atom stereocenters. The largest absolute Gasteiger partial charge is 0.480 e. The van der Waals surface area contributed by atoms with Crippen LogP contribution in [0.3, 0.4) is 0 Å². The number of esters is 1. The van der Waals surface area contributed by atoms with Gasteiger partial charge in [0.1, 0.15) is 12.3 Å². The molecule has 0 aliphatic carbocycles. The molecule has 3 aromatic rings. The van der Waals surface area contributed by atoms with Crippen molar-refractivity contribution in [2.45, 2.75) is 19.4 Å². The van der Waals surface area contributed by atoms with E-state index < -0.39 is 40.5 Å². The third kappa shape index (κ3) is 12.9. The first-order chi connectivity index (χ1) is 20.5. The quantitative estimate of drug-likeness (QED) is 0.0578. The topological polar surface area (TPSA) is 237 Å². The summed E-state index contributed by atoms with van der Waals surface area (Å²) in [6.07, 6.45) is 0.861. The Morgan fingerprint density at radius 3 is 2.18 bits per heavy atom. The zero-order chi connectivity index (χ0) is 33.0. The number of aromatic carboxylic acids is 1. The minimum atomic E-state index is -3.67. The molecule has 7 N–H and O–H groups in total. The lowest BCUT2D eigenvalue weighted by Crippen LogP contribution is -2.35. The van der Waals surface area contributed by atoms with Crippen molar-refractivity contribution in [3.8, 4) is 5.75 Å². The second-order valence-corrected chi connectivity index (χ2v) is 11.0. The summed E-state index contributed by atoms with van der Waals surface area (Å²) >= 11 is 6.35. The van der Waals surface area contributed by atoms with E-state index in [0.717, 1.165) is 4.90 Å². The molecule has 0 heterocycles. The first-order valence-corrected chi connectivity index (χ1v) is 14.7. The average Bonchev–Trinajstić information content (AvgIpc) is 2.91.